The van der Waals surface area contributed by atoms with E-state index in [1.54, 1.807) is 7.11 Å². The van der Waals surface area contributed by atoms with Crippen LogP contribution in [-0.2, 0) is 11.2 Å². The van der Waals surface area contributed by atoms with Gasteiger partial charge in [0.05, 0.1) is 25.5 Å². The Morgan fingerprint density at radius 2 is 2.28 bits per heavy atom. The molecule has 0 unspecified atom stereocenters. The highest BCUT2D eigenvalue weighted by molar-refractivity contribution is 5.79. The molecule has 1 aromatic heterocycles. The molecule has 2 N–H and O–H groups in total. The van der Waals surface area contributed by atoms with Gasteiger partial charge in [0.15, 0.2) is 0 Å². The number of aromatic nitrogens is 2. The van der Waals surface area contributed by atoms with E-state index in [4.69, 9.17) is 9.47 Å². The number of aryl methyl sites for hydroxylation is 2. The Labute approximate surface area is 147 Å². The van der Waals surface area contributed by atoms with E-state index in [2.05, 4.69) is 15.5 Å². The van der Waals surface area contributed by atoms with E-state index < -0.39 is 0 Å². The number of nitrogens with one attached hydrogen (secondary N) is 2. The fourth-order valence-corrected chi connectivity index (χ4v) is 3.23. The highest BCUT2D eigenvalue weighted by atomic mass is 16.5. The highest BCUT2D eigenvalue weighted by Gasteiger charge is 2.26. The first-order chi connectivity index (χ1) is 12.0. The maximum atomic E-state index is 12.7. The number of ether oxygens (including phenoxy) is 2. The SMILES string of the molecule is COc1ccc2c(c1)OCC[C@H]2NC(=O)[C@H](C)Cc1c(C)n[nH]c1C. The van der Waals surface area contributed by atoms with Crippen LogP contribution in [0.4, 0.5) is 0 Å². The van der Waals surface area contributed by atoms with Crippen LogP contribution in [0.5, 0.6) is 11.5 Å². The van der Waals surface area contributed by atoms with Gasteiger partial charge in [0, 0.05) is 29.7 Å². The third-order valence-electron chi connectivity index (χ3n) is 4.82. The molecule has 1 aliphatic rings. The van der Waals surface area contributed by atoms with Gasteiger partial charge in [0.25, 0.3) is 0 Å². The Morgan fingerprint density at radius 1 is 1.48 bits per heavy atom. The van der Waals surface area contributed by atoms with Gasteiger partial charge in [-0.1, -0.05) is 6.92 Å². The molecule has 1 aliphatic heterocycles. The minimum atomic E-state index is -0.125. The summed E-state index contributed by atoms with van der Waals surface area (Å²) in [4.78, 5) is 12.7. The van der Waals surface area contributed by atoms with E-state index in [-0.39, 0.29) is 17.9 Å². The minimum Gasteiger partial charge on any atom is -0.497 e. The Hall–Kier alpha value is -2.50. The molecule has 1 amide bonds. The van der Waals surface area contributed by atoms with E-state index in [9.17, 15) is 4.79 Å². The number of H-pyrrole nitrogens is 1. The fraction of sp³-hybridized carbons (Fsp3) is 0.474. The topological polar surface area (TPSA) is 76.2 Å². The summed E-state index contributed by atoms with van der Waals surface area (Å²) in [6.07, 6.45) is 1.44. The van der Waals surface area contributed by atoms with Crippen LogP contribution in [0.25, 0.3) is 0 Å². The number of carbonyl (C=O) groups is 1. The predicted molar refractivity (Wildman–Crippen MR) is 94.9 cm³/mol. The average molecular weight is 343 g/mol. The van der Waals surface area contributed by atoms with Crippen LogP contribution >= 0.6 is 0 Å². The van der Waals surface area contributed by atoms with Crippen molar-refractivity contribution < 1.29 is 14.3 Å². The average Bonchev–Trinajstić information content (AvgIpc) is 2.93. The van der Waals surface area contributed by atoms with Gasteiger partial charge in [-0.25, -0.2) is 0 Å². The van der Waals surface area contributed by atoms with Crippen molar-refractivity contribution in [2.75, 3.05) is 13.7 Å². The molecule has 6 nitrogen and oxygen atoms in total. The molecule has 0 saturated carbocycles. The molecule has 0 fully saturated rings. The Balaban J connectivity index is 1.69. The lowest BCUT2D eigenvalue weighted by atomic mass is 9.96. The molecule has 2 aromatic rings. The summed E-state index contributed by atoms with van der Waals surface area (Å²) in [5.74, 6) is 1.46. The second kappa shape index (κ2) is 7.17. The van der Waals surface area contributed by atoms with Crippen molar-refractivity contribution in [2.45, 2.75) is 39.7 Å². The normalized spacial score (nSPS) is 17.4. The van der Waals surface area contributed by atoms with Crippen molar-refractivity contribution in [3.63, 3.8) is 0 Å². The predicted octanol–water partition coefficient (Wildman–Crippen LogP) is 2.85. The number of nitrogens with zero attached hydrogens (tertiary/aromatic N) is 1. The van der Waals surface area contributed by atoms with Crippen LogP contribution in [-0.4, -0.2) is 29.8 Å². The molecular weight excluding hydrogens is 318 g/mol. The van der Waals surface area contributed by atoms with Crippen molar-refractivity contribution in [3.8, 4) is 11.5 Å². The molecule has 3 rings (SSSR count). The van der Waals surface area contributed by atoms with E-state index in [0.717, 1.165) is 40.4 Å². The minimum absolute atomic E-state index is 0.0313. The molecule has 0 saturated heterocycles. The van der Waals surface area contributed by atoms with Crippen molar-refractivity contribution in [3.05, 3.63) is 40.7 Å². The van der Waals surface area contributed by atoms with Crippen LogP contribution in [0.2, 0.25) is 0 Å². The van der Waals surface area contributed by atoms with Crippen molar-refractivity contribution >= 4 is 5.91 Å². The van der Waals surface area contributed by atoms with Gasteiger partial charge in [-0.2, -0.15) is 5.10 Å². The summed E-state index contributed by atoms with van der Waals surface area (Å²) in [6.45, 7) is 6.49. The van der Waals surface area contributed by atoms with Crippen molar-refractivity contribution in [1.29, 1.82) is 0 Å². The van der Waals surface area contributed by atoms with E-state index in [1.807, 2.05) is 39.0 Å². The van der Waals surface area contributed by atoms with E-state index in [0.29, 0.717) is 13.0 Å². The number of fused-ring (bicyclic) bond motifs is 1. The monoisotopic (exact) mass is 343 g/mol. The number of hydrogen-bond acceptors (Lipinski definition) is 4. The molecule has 0 radical (unpaired) electrons. The van der Waals surface area contributed by atoms with Crippen LogP contribution in [0.15, 0.2) is 18.2 Å². The Bertz CT molecular complexity index is 750. The lowest BCUT2D eigenvalue weighted by Crippen LogP contribution is -2.36. The smallest absolute Gasteiger partial charge is 0.223 e. The summed E-state index contributed by atoms with van der Waals surface area (Å²) in [7, 11) is 1.63. The Morgan fingerprint density at radius 3 is 2.96 bits per heavy atom. The van der Waals surface area contributed by atoms with Gasteiger partial charge in [-0.05, 0) is 38.0 Å². The van der Waals surface area contributed by atoms with Crippen LogP contribution in [0.1, 0.15) is 41.9 Å². The molecule has 25 heavy (non-hydrogen) atoms. The third-order valence-corrected chi connectivity index (χ3v) is 4.82. The van der Waals surface area contributed by atoms with Gasteiger partial charge in [-0.15, -0.1) is 0 Å². The maximum Gasteiger partial charge on any atom is 0.223 e. The van der Waals surface area contributed by atoms with Gasteiger partial charge < -0.3 is 14.8 Å². The van der Waals surface area contributed by atoms with Gasteiger partial charge >= 0.3 is 0 Å². The number of rotatable bonds is 5. The first-order valence-electron chi connectivity index (χ1n) is 8.61. The van der Waals surface area contributed by atoms with Gasteiger partial charge in [0.2, 0.25) is 5.91 Å². The zero-order valence-electron chi connectivity index (χ0n) is 15.2. The van der Waals surface area contributed by atoms with Gasteiger partial charge in [-0.3, -0.25) is 9.89 Å². The molecular formula is C19H25N3O3. The second-order valence-corrected chi connectivity index (χ2v) is 6.62. The summed E-state index contributed by atoms with van der Waals surface area (Å²) < 4.78 is 11.0. The first-order valence-corrected chi connectivity index (χ1v) is 8.61. The van der Waals surface area contributed by atoms with E-state index >= 15 is 0 Å². The molecule has 2 atom stereocenters. The zero-order valence-corrected chi connectivity index (χ0v) is 15.2. The molecule has 1 aromatic carbocycles. The summed E-state index contributed by atoms with van der Waals surface area (Å²) in [6, 6.07) is 5.70. The quantitative estimate of drug-likeness (QED) is 0.875. The molecule has 0 bridgehead atoms. The van der Waals surface area contributed by atoms with Crippen molar-refractivity contribution in [1.82, 2.24) is 15.5 Å². The van der Waals surface area contributed by atoms with Crippen LogP contribution < -0.4 is 14.8 Å². The largest absolute Gasteiger partial charge is 0.497 e. The molecule has 0 spiro atoms. The molecule has 6 heteroatoms. The second-order valence-electron chi connectivity index (χ2n) is 6.62. The standard InChI is InChI=1S/C19H25N3O3/c1-11(9-16-12(2)21-22-13(16)3)19(23)20-17-7-8-25-18-10-14(24-4)5-6-15(17)18/h5-6,10-11,17H,7-9H2,1-4H3,(H,20,23)(H,21,22)/t11-,17-/m1/s1. The fourth-order valence-electron chi connectivity index (χ4n) is 3.23. The molecule has 0 aliphatic carbocycles. The lowest BCUT2D eigenvalue weighted by molar-refractivity contribution is -0.125. The van der Waals surface area contributed by atoms with E-state index in [1.165, 1.54) is 0 Å². The number of methoxy groups -OCH3 is 1. The van der Waals surface area contributed by atoms with Crippen molar-refractivity contribution in [2.24, 2.45) is 5.92 Å². The first kappa shape index (κ1) is 17.3. The van der Waals surface area contributed by atoms with Crippen LogP contribution in [0, 0.1) is 19.8 Å². The van der Waals surface area contributed by atoms with Crippen LogP contribution in [0.3, 0.4) is 0 Å². The zero-order chi connectivity index (χ0) is 18.0. The summed E-state index contributed by atoms with van der Waals surface area (Å²) in [5, 5.41) is 10.4. The molecule has 2 heterocycles. The Kier molecular flexibility index (Phi) is 4.97. The number of amides is 1. The summed E-state index contributed by atoms with van der Waals surface area (Å²) in [5.41, 5.74) is 4.12. The maximum absolute atomic E-state index is 12.7. The number of benzene rings is 1. The highest BCUT2D eigenvalue weighted by Crippen LogP contribution is 2.35. The lowest BCUT2D eigenvalue weighted by Gasteiger charge is -2.28. The summed E-state index contributed by atoms with van der Waals surface area (Å²) >= 11 is 0. The molecule has 134 valence electrons. The number of hydrogen-bond donors (Lipinski definition) is 2. The number of aromatic amines is 1. The van der Waals surface area contributed by atoms with Gasteiger partial charge in [0.1, 0.15) is 11.5 Å². The third kappa shape index (κ3) is 3.62. The number of carbonyl (C=O) groups excluding carboxylic acids is 1.